The molecule has 0 aliphatic carbocycles. The molecule has 4 nitrogen and oxygen atoms in total. The van der Waals surface area contributed by atoms with Gasteiger partial charge < -0.3 is 5.32 Å². The fourth-order valence-electron chi connectivity index (χ4n) is 3.20. The molecule has 1 aliphatic rings. The second-order valence-electron chi connectivity index (χ2n) is 6.25. The highest BCUT2D eigenvalue weighted by atomic mass is 15.2. The predicted molar refractivity (Wildman–Crippen MR) is 94.2 cm³/mol. The molecule has 2 heterocycles. The van der Waals surface area contributed by atoms with Gasteiger partial charge in [0, 0.05) is 57.7 Å². The number of rotatable bonds is 6. The van der Waals surface area contributed by atoms with Crippen LogP contribution < -0.4 is 5.32 Å². The third kappa shape index (κ3) is 4.61. The molecule has 0 spiro atoms. The average Bonchev–Trinajstić information content (AvgIpc) is 2.62. The van der Waals surface area contributed by atoms with Gasteiger partial charge >= 0.3 is 0 Å². The monoisotopic (exact) mass is 310 g/mol. The summed E-state index contributed by atoms with van der Waals surface area (Å²) in [5.41, 5.74) is 2.70. The highest BCUT2D eigenvalue weighted by Gasteiger charge is 2.21. The molecule has 1 saturated heterocycles. The first-order chi connectivity index (χ1) is 11.3. The molecule has 1 unspecified atom stereocenters. The van der Waals surface area contributed by atoms with Gasteiger partial charge in [-0.05, 0) is 30.3 Å². The van der Waals surface area contributed by atoms with Crippen LogP contribution in [0.2, 0.25) is 0 Å². The molecular formula is C19H26N4. The fraction of sp³-hybridized carbons (Fsp3) is 0.421. The molecule has 0 radical (unpaired) electrons. The molecule has 3 rings (SSSR count). The van der Waals surface area contributed by atoms with Crippen LogP contribution in [0.1, 0.15) is 17.2 Å². The number of likely N-dealkylation sites (N-methyl/N-ethyl adjacent to an activating group) is 1. The van der Waals surface area contributed by atoms with E-state index in [0.717, 1.165) is 39.3 Å². The summed E-state index contributed by atoms with van der Waals surface area (Å²) in [6.45, 7) is 6.45. The van der Waals surface area contributed by atoms with E-state index >= 15 is 0 Å². The van der Waals surface area contributed by atoms with Crippen LogP contribution in [0.4, 0.5) is 0 Å². The molecule has 23 heavy (non-hydrogen) atoms. The van der Waals surface area contributed by atoms with Gasteiger partial charge in [0.2, 0.25) is 0 Å². The third-order valence-corrected chi connectivity index (χ3v) is 4.54. The van der Waals surface area contributed by atoms with Crippen molar-refractivity contribution in [1.29, 1.82) is 0 Å². The molecular weight excluding hydrogens is 284 g/mol. The Labute approximate surface area is 139 Å². The molecule has 1 N–H and O–H groups in total. The summed E-state index contributed by atoms with van der Waals surface area (Å²) >= 11 is 0. The Morgan fingerprint density at radius 3 is 2.48 bits per heavy atom. The Morgan fingerprint density at radius 2 is 1.78 bits per heavy atom. The molecule has 2 aromatic rings. The van der Waals surface area contributed by atoms with Gasteiger partial charge in [-0.1, -0.05) is 30.3 Å². The van der Waals surface area contributed by atoms with Gasteiger partial charge in [-0.3, -0.25) is 14.8 Å². The maximum atomic E-state index is 4.18. The Bertz CT molecular complexity index is 566. The molecule has 1 atom stereocenters. The van der Waals surface area contributed by atoms with Gasteiger partial charge in [0.25, 0.3) is 0 Å². The van der Waals surface area contributed by atoms with E-state index in [4.69, 9.17) is 0 Å². The zero-order chi connectivity index (χ0) is 15.9. The van der Waals surface area contributed by atoms with Crippen LogP contribution in [-0.2, 0) is 6.54 Å². The summed E-state index contributed by atoms with van der Waals surface area (Å²) in [6, 6.07) is 15.4. The molecule has 0 amide bonds. The number of benzene rings is 1. The number of piperazine rings is 1. The Morgan fingerprint density at radius 1 is 1.09 bits per heavy atom. The normalized spacial score (nSPS) is 17.3. The smallest absolute Gasteiger partial charge is 0.0476 e. The summed E-state index contributed by atoms with van der Waals surface area (Å²) in [6.07, 6.45) is 3.80. The van der Waals surface area contributed by atoms with Crippen molar-refractivity contribution in [3.63, 3.8) is 0 Å². The van der Waals surface area contributed by atoms with Crippen LogP contribution in [-0.4, -0.2) is 54.6 Å². The minimum Gasteiger partial charge on any atom is -0.314 e. The summed E-state index contributed by atoms with van der Waals surface area (Å²) in [5, 5.41) is 3.43. The van der Waals surface area contributed by atoms with E-state index in [1.807, 2.05) is 12.4 Å². The van der Waals surface area contributed by atoms with E-state index in [2.05, 4.69) is 69.6 Å². The molecule has 1 aromatic heterocycles. The van der Waals surface area contributed by atoms with Crippen LogP contribution in [0.15, 0.2) is 54.9 Å². The van der Waals surface area contributed by atoms with E-state index in [1.165, 1.54) is 11.1 Å². The maximum Gasteiger partial charge on any atom is 0.0476 e. The van der Waals surface area contributed by atoms with Crippen LogP contribution >= 0.6 is 0 Å². The summed E-state index contributed by atoms with van der Waals surface area (Å²) in [7, 11) is 2.22. The van der Waals surface area contributed by atoms with E-state index in [-0.39, 0.29) is 0 Å². The van der Waals surface area contributed by atoms with Crippen molar-refractivity contribution < 1.29 is 0 Å². The van der Waals surface area contributed by atoms with Crippen LogP contribution in [0.3, 0.4) is 0 Å². The van der Waals surface area contributed by atoms with Crippen molar-refractivity contribution in [3.05, 3.63) is 66.0 Å². The maximum absolute atomic E-state index is 4.18. The second-order valence-corrected chi connectivity index (χ2v) is 6.25. The SMILES string of the molecule is CN(Cc1ccccc1)C(CN1CCNCC1)c1ccncc1. The second kappa shape index (κ2) is 8.20. The minimum atomic E-state index is 0.385. The molecule has 122 valence electrons. The van der Waals surface area contributed by atoms with E-state index in [1.54, 1.807) is 0 Å². The standard InChI is InChI=1S/C19H26N4/c1-22(15-17-5-3-2-4-6-17)19(18-7-9-20-10-8-18)16-23-13-11-21-12-14-23/h2-10,19,21H,11-16H2,1H3. The van der Waals surface area contributed by atoms with Crippen molar-refractivity contribution >= 4 is 0 Å². The van der Waals surface area contributed by atoms with Crippen molar-refractivity contribution in [2.24, 2.45) is 0 Å². The number of pyridine rings is 1. The first kappa shape index (κ1) is 16.1. The molecule has 0 bridgehead atoms. The lowest BCUT2D eigenvalue weighted by molar-refractivity contribution is 0.146. The minimum absolute atomic E-state index is 0.385. The van der Waals surface area contributed by atoms with Crippen LogP contribution in [0.5, 0.6) is 0 Å². The zero-order valence-corrected chi connectivity index (χ0v) is 13.9. The largest absolute Gasteiger partial charge is 0.314 e. The fourth-order valence-corrected chi connectivity index (χ4v) is 3.20. The van der Waals surface area contributed by atoms with E-state index in [9.17, 15) is 0 Å². The molecule has 1 aromatic carbocycles. The highest BCUT2D eigenvalue weighted by Crippen LogP contribution is 2.22. The lowest BCUT2D eigenvalue weighted by Crippen LogP contribution is -2.46. The topological polar surface area (TPSA) is 31.4 Å². The lowest BCUT2D eigenvalue weighted by Gasteiger charge is -2.35. The number of hydrogen-bond acceptors (Lipinski definition) is 4. The number of aromatic nitrogens is 1. The van der Waals surface area contributed by atoms with E-state index < -0.39 is 0 Å². The van der Waals surface area contributed by atoms with Crippen LogP contribution in [0, 0.1) is 0 Å². The van der Waals surface area contributed by atoms with Crippen molar-refractivity contribution in [2.45, 2.75) is 12.6 Å². The number of nitrogens with one attached hydrogen (secondary N) is 1. The predicted octanol–water partition coefficient (Wildman–Crippen LogP) is 2.16. The average molecular weight is 310 g/mol. The van der Waals surface area contributed by atoms with Crippen molar-refractivity contribution in [2.75, 3.05) is 39.8 Å². The first-order valence-electron chi connectivity index (χ1n) is 8.40. The first-order valence-corrected chi connectivity index (χ1v) is 8.40. The number of nitrogens with zero attached hydrogens (tertiary/aromatic N) is 3. The summed E-state index contributed by atoms with van der Waals surface area (Å²) in [5.74, 6) is 0. The van der Waals surface area contributed by atoms with Gasteiger partial charge in [-0.2, -0.15) is 0 Å². The molecule has 1 fully saturated rings. The molecule has 0 saturated carbocycles. The van der Waals surface area contributed by atoms with Gasteiger partial charge in [0.1, 0.15) is 0 Å². The van der Waals surface area contributed by atoms with Crippen molar-refractivity contribution in [3.8, 4) is 0 Å². The Kier molecular flexibility index (Phi) is 5.75. The van der Waals surface area contributed by atoms with Crippen molar-refractivity contribution in [1.82, 2.24) is 20.1 Å². The van der Waals surface area contributed by atoms with Crippen LogP contribution in [0.25, 0.3) is 0 Å². The summed E-state index contributed by atoms with van der Waals surface area (Å²) in [4.78, 5) is 9.19. The van der Waals surface area contributed by atoms with Gasteiger partial charge in [0.15, 0.2) is 0 Å². The van der Waals surface area contributed by atoms with Gasteiger partial charge in [-0.15, -0.1) is 0 Å². The highest BCUT2D eigenvalue weighted by molar-refractivity contribution is 5.18. The number of hydrogen-bond donors (Lipinski definition) is 1. The molecule has 4 heteroatoms. The van der Waals surface area contributed by atoms with Gasteiger partial charge in [-0.25, -0.2) is 0 Å². The Balaban J connectivity index is 1.73. The zero-order valence-electron chi connectivity index (χ0n) is 13.9. The lowest BCUT2D eigenvalue weighted by atomic mass is 10.0. The Hall–Kier alpha value is -1.75. The molecule has 1 aliphatic heterocycles. The third-order valence-electron chi connectivity index (χ3n) is 4.54. The quantitative estimate of drug-likeness (QED) is 0.886. The summed E-state index contributed by atoms with van der Waals surface area (Å²) < 4.78 is 0. The van der Waals surface area contributed by atoms with Gasteiger partial charge in [0.05, 0.1) is 0 Å². The van der Waals surface area contributed by atoms with E-state index in [0.29, 0.717) is 6.04 Å².